The minimum absolute atomic E-state index is 0.00586. The van der Waals surface area contributed by atoms with Gasteiger partial charge in [0.25, 0.3) is 11.8 Å². The third-order valence-electron chi connectivity index (χ3n) is 4.96. The maximum absolute atomic E-state index is 12.6. The average Bonchev–Trinajstić information content (AvgIpc) is 2.68. The molecule has 7 heteroatoms. The quantitative estimate of drug-likeness (QED) is 0.847. The topological polar surface area (TPSA) is 99.6 Å². The molecule has 2 aromatic rings. The molecule has 2 amide bonds. The summed E-state index contributed by atoms with van der Waals surface area (Å²) in [6.45, 7) is 4.69. The maximum atomic E-state index is 12.6. The van der Waals surface area contributed by atoms with Crippen LogP contribution in [-0.4, -0.2) is 51.9 Å². The minimum atomic E-state index is -1.07. The van der Waals surface area contributed by atoms with Crippen molar-refractivity contribution in [2.45, 2.75) is 32.7 Å². The molecular formula is C21H23N3O4. The molecule has 2 N–H and O–H groups in total. The van der Waals surface area contributed by atoms with Crippen molar-refractivity contribution >= 4 is 17.8 Å². The number of pyridine rings is 1. The standard InChI is InChI=1S/C21H23N3O4/c1-13-3-5-15(6-4-13)20(26)24-11-9-16(10-12-24)23-19(25)18-8-7-17(21(27)28)14(2)22-18/h3-8,16H,9-12H2,1-2H3,(H,23,25)(H,27,28). The number of nitrogens with one attached hydrogen (secondary N) is 1. The lowest BCUT2D eigenvalue weighted by Crippen LogP contribution is -2.46. The minimum Gasteiger partial charge on any atom is -0.478 e. The van der Waals surface area contributed by atoms with Crippen LogP contribution in [0, 0.1) is 13.8 Å². The molecule has 1 saturated heterocycles. The molecule has 0 atom stereocenters. The molecule has 0 spiro atoms. The molecule has 7 nitrogen and oxygen atoms in total. The summed E-state index contributed by atoms with van der Waals surface area (Å²) < 4.78 is 0. The lowest BCUT2D eigenvalue weighted by molar-refractivity contribution is 0.0683. The van der Waals surface area contributed by atoms with E-state index in [4.69, 9.17) is 5.11 Å². The Bertz CT molecular complexity index is 900. The van der Waals surface area contributed by atoms with E-state index < -0.39 is 5.97 Å². The van der Waals surface area contributed by atoms with Crippen LogP contribution in [0.1, 0.15) is 55.3 Å². The van der Waals surface area contributed by atoms with Gasteiger partial charge in [0.15, 0.2) is 0 Å². The number of likely N-dealkylation sites (tertiary alicyclic amines) is 1. The zero-order chi connectivity index (χ0) is 20.3. The zero-order valence-electron chi connectivity index (χ0n) is 15.9. The number of benzene rings is 1. The Morgan fingerprint density at radius 1 is 1.04 bits per heavy atom. The van der Waals surface area contributed by atoms with Crippen molar-refractivity contribution in [2.75, 3.05) is 13.1 Å². The molecule has 0 aliphatic carbocycles. The Morgan fingerprint density at radius 3 is 2.25 bits per heavy atom. The summed E-state index contributed by atoms with van der Waals surface area (Å²) in [5.74, 6) is -1.39. The van der Waals surface area contributed by atoms with Crippen molar-refractivity contribution in [1.82, 2.24) is 15.2 Å². The van der Waals surface area contributed by atoms with Gasteiger partial charge in [0.05, 0.1) is 11.3 Å². The Balaban J connectivity index is 1.56. The number of carbonyl (C=O) groups excluding carboxylic acids is 2. The molecule has 1 aliphatic rings. The Morgan fingerprint density at radius 2 is 1.68 bits per heavy atom. The number of piperidine rings is 1. The van der Waals surface area contributed by atoms with Crippen LogP contribution < -0.4 is 5.32 Å². The van der Waals surface area contributed by atoms with Crippen LogP contribution in [0.5, 0.6) is 0 Å². The fourth-order valence-corrected chi connectivity index (χ4v) is 3.28. The Labute approximate surface area is 163 Å². The van der Waals surface area contributed by atoms with Crippen LogP contribution in [0.2, 0.25) is 0 Å². The highest BCUT2D eigenvalue weighted by Crippen LogP contribution is 2.15. The second-order valence-corrected chi connectivity index (χ2v) is 7.04. The smallest absolute Gasteiger partial charge is 0.337 e. The summed E-state index contributed by atoms with van der Waals surface area (Å²) >= 11 is 0. The number of nitrogens with zero attached hydrogens (tertiary/aromatic N) is 2. The van der Waals surface area contributed by atoms with E-state index in [0.29, 0.717) is 37.2 Å². The SMILES string of the molecule is Cc1ccc(C(=O)N2CCC(NC(=O)c3ccc(C(=O)O)c(C)n3)CC2)cc1. The van der Waals surface area contributed by atoms with E-state index in [1.165, 1.54) is 12.1 Å². The van der Waals surface area contributed by atoms with Gasteiger partial charge in [-0.05, 0) is 51.0 Å². The highest BCUT2D eigenvalue weighted by Gasteiger charge is 2.25. The number of aryl methyl sites for hydroxylation is 2. The molecule has 0 saturated carbocycles. The summed E-state index contributed by atoms with van der Waals surface area (Å²) in [4.78, 5) is 41.9. The van der Waals surface area contributed by atoms with Gasteiger partial charge in [-0.2, -0.15) is 0 Å². The van der Waals surface area contributed by atoms with E-state index in [1.54, 1.807) is 11.8 Å². The van der Waals surface area contributed by atoms with Crippen LogP contribution in [0.15, 0.2) is 36.4 Å². The van der Waals surface area contributed by atoms with Crippen LogP contribution in [0.4, 0.5) is 0 Å². The molecular weight excluding hydrogens is 358 g/mol. The Kier molecular flexibility index (Phi) is 5.73. The van der Waals surface area contributed by atoms with Gasteiger partial charge < -0.3 is 15.3 Å². The number of carboxylic acid groups (broad SMARTS) is 1. The molecule has 1 aliphatic heterocycles. The first-order chi connectivity index (χ1) is 13.3. The van der Waals surface area contributed by atoms with Gasteiger partial charge >= 0.3 is 5.97 Å². The number of hydrogen-bond donors (Lipinski definition) is 2. The number of carbonyl (C=O) groups is 3. The summed E-state index contributed by atoms with van der Waals surface area (Å²) in [5, 5.41) is 12.0. The van der Waals surface area contributed by atoms with Crippen molar-refractivity contribution in [1.29, 1.82) is 0 Å². The van der Waals surface area contributed by atoms with E-state index in [0.717, 1.165) is 5.56 Å². The normalized spacial score (nSPS) is 14.6. The highest BCUT2D eigenvalue weighted by atomic mass is 16.4. The third-order valence-corrected chi connectivity index (χ3v) is 4.96. The van der Waals surface area contributed by atoms with Gasteiger partial charge in [-0.25, -0.2) is 9.78 Å². The van der Waals surface area contributed by atoms with Crippen molar-refractivity contribution in [3.05, 3.63) is 64.5 Å². The monoisotopic (exact) mass is 381 g/mol. The first-order valence-corrected chi connectivity index (χ1v) is 9.23. The fourth-order valence-electron chi connectivity index (χ4n) is 3.28. The molecule has 28 heavy (non-hydrogen) atoms. The van der Waals surface area contributed by atoms with E-state index in [1.807, 2.05) is 31.2 Å². The molecule has 1 fully saturated rings. The summed E-state index contributed by atoms with van der Waals surface area (Å²) in [5.41, 5.74) is 2.36. The fraction of sp³-hybridized carbons (Fsp3) is 0.333. The third kappa shape index (κ3) is 4.36. The molecule has 0 unspecified atom stereocenters. The van der Waals surface area contributed by atoms with Crippen molar-refractivity contribution in [3.8, 4) is 0 Å². The van der Waals surface area contributed by atoms with Crippen LogP contribution in [-0.2, 0) is 0 Å². The van der Waals surface area contributed by atoms with Crippen molar-refractivity contribution < 1.29 is 19.5 Å². The lowest BCUT2D eigenvalue weighted by Gasteiger charge is -2.32. The van der Waals surface area contributed by atoms with Gasteiger partial charge in [-0.1, -0.05) is 17.7 Å². The lowest BCUT2D eigenvalue weighted by atomic mass is 10.0. The van der Waals surface area contributed by atoms with E-state index in [2.05, 4.69) is 10.3 Å². The number of aromatic nitrogens is 1. The van der Waals surface area contributed by atoms with Gasteiger partial charge in [-0.15, -0.1) is 0 Å². The van der Waals surface area contributed by atoms with Gasteiger partial charge in [0, 0.05) is 24.7 Å². The molecule has 2 heterocycles. The average molecular weight is 381 g/mol. The van der Waals surface area contributed by atoms with E-state index >= 15 is 0 Å². The molecule has 0 bridgehead atoms. The maximum Gasteiger partial charge on any atom is 0.337 e. The largest absolute Gasteiger partial charge is 0.478 e. The van der Waals surface area contributed by atoms with Gasteiger partial charge in [0.1, 0.15) is 5.69 Å². The molecule has 146 valence electrons. The molecule has 1 aromatic carbocycles. The van der Waals surface area contributed by atoms with Crippen molar-refractivity contribution in [3.63, 3.8) is 0 Å². The van der Waals surface area contributed by atoms with Crippen LogP contribution in [0.3, 0.4) is 0 Å². The summed E-state index contributed by atoms with van der Waals surface area (Å²) in [6, 6.07) is 10.3. The zero-order valence-corrected chi connectivity index (χ0v) is 15.9. The second-order valence-electron chi connectivity index (χ2n) is 7.04. The van der Waals surface area contributed by atoms with Gasteiger partial charge in [0.2, 0.25) is 0 Å². The van der Waals surface area contributed by atoms with Crippen molar-refractivity contribution in [2.24, 2.45) is 0 Å². The molecule has 0 radical (unpaired) electrons. The summed E-state index contributed by atoms with van der Waals surface area (Å²) in [7, 11) is 0. The Hall–Kier alpha value is -3.22. The van der Waals surface area contributed by atoms with Crippen LogP contribution >= 0.6 is 0 Å². The number of hydrogen-bond acceptors (Lipinski definition) is 4. The number of amides is 2. The van der Waals surface area contributed by atoms with Gasteiger partial charge in [-0.3, -0.25) is 9.59 Å². The predicted molar refractivity (Wildman–Crippen MR) is 104 cm³/mol. The first kappa shape index (κ1) is 19.5. The first-order valence-electron chi connectivity index (χ1n) is 9.23. The van der Waals surface area contributed by atoms with Crippen LogP contribution in [0.25, 0.3) is 0 Å². The number of aromatic carboxylic acids is 1. The number of carboxylic acids is 1. The predicted octanol–water partition coefficient (Wildman–Crippen LogP) is 2.43. The van der Waals surface area contributed by atoms with E-state index in [9.17, 15) is 14.4 Å². The van der Waals surface area contributed by atoms with E-state index in [-0.39, 0.29) is 29.1 Å². The molecule has 1 aromatic heterocycles. The molecule has 3 rings (SSSR count). The highest BCUT2D eigenvalue weighted by molar-refractivity contribution is 5.95. The summed E-state index contributed by atoms with van der Waals surface area (Å²) in [6.07, 6.45) is 1.32. The second kappa shape index (κ2) is 8.21. The number of rotatable bonds is 4.